The number of nitrogens with zero attached hydrogens (tertiary/aromatic N) is 2. The third-order valence-electron chi connectivity index (χ3n) is 6.34. The van der Waals surface area contributed by atoms with Gasteiger partial charge in [0.05, 0.1) is 11.1 Å². The average molecular weight is 443 g/mol. The van der Waals surface area contributed by atoms with Crippen LogP contribution in [-0.2, 0) is 21.4 Å². The molecule has 2 aromatic rings. The van der Waals surface area contributed by atoms with Crippen LogP contribution in [-0.4, -0.2) is 46.5 Å². The molecule has 2 fully saturated rings. The van der Waals surface area contributed by atoms with Crippen LogP contribution in [0, 0.1) is 5.92 Å². The molecule has 0 radical (unpaired) electrons. The van der Waals surface area contributed by atoms with E-state index in [1.807, 2.05) is 29.2 Å². The van der Waals surface area contributed by atoms with E-state index < -0.39 is 5.41 Å². The first-order valence-corrected chi connectivity index (χ1v) is 11.2. The van der Waals surface area contributed by atoms with E-state index in [4.69, 9.17) is 11.6 Å². The second-order valence-corrected chi connectivity index (χ2v) is 9.00. The number of halogens is 1. The number of nitrogens with one attached hydrogen (secondary N) is 2. The highest BCUT2D eigenvalue weighted by atomic mass is 35.5. The third kappa shape index (κ3) is 5.15. The average Bonchev–Trinajstić information content (AvgIpc) is 3.60. The quantitative estimate of drug-likeness (QED) is 0.688. The molecule has 1 aliphatic carbocycles. The highest BCUT2D eigenvalue weighted by Crippen LogP contribution is 2.48. The lowest BCUT2D eigenvalue weighted by atomic mass is 9.93. The van der Waals surface area contributed by atoms with E-state index in [9.17, 15) is 14.4 Å². The largest absolute Gasteiger partial charge is 0.355 e. The molecule has 2 amide bonds. The second-order valence-electron chi connectivity index (χ2n) is 8.56. The standard InChI is InChI=1S/C23H27ClN4O3/c24-18-5-3-17(4-6-18)23(11-12-23)22(31)25-14-16-2-1-13-28(15-16)21(30)10-8-19-7-9-20(29)27-26-19/h3-7,9,16H,1-2,8,10-15H2,(H,25,31)(H,27,29)/t16-/m0/s1. The van der Waals surface area contributed by atoms with Crippen molar-refractivity contribution in [3.8, 4) is 0 Å². The Bertz CT molecular complexity index is 980. The minimum Gasteiger partial charge on any atom is -0.355 e. The molecule has 4 rings (SSSR count). The van der Waals surface area contributed by atoms with E-state index in [2.05, 4.69) is 15.5 Å². The molecule has 31 heavy (non-hydrogen) atoms. The third-order valence-corrected chi connectivity index (χ3v) is 6.59. The van der Waals surface area contributed by atoms with Gasteiger partial charge in [0.2, 0.25) is 11.8 Å². The molecule has 8 heteroatoms. The van der Waals surface area contributed by atoms with Gasteiger partial charge in [0.15, 0.2) is 0 Å². The fraction of sp³-hybridized carbons (Fsp3) is 0.478. The van der Waals surface area contributed by atoms with Crippen LogP contribution in [0.1, 0.15) is 43.4 Å². The zero-order valence-corrected chi connectivity index (χ0v) is 18.2. The number of aromatic amines is 1. The number of rotatable bonds is 7. The van der Waals surface area contributed by atoms with Gasteiger partial charge < -0.3 is 10.2 Å². The lowest BCUT2D eigenvalue weighted by Crippen LogP contribution is -2.45. The van der Waals surface area contributed by atoms with Gasteiger partial charge >= 0.3 is 0 Å². The van der Waals surface area contributed by atoms with Gasteiger partial charge in [-0.25, -0.2) is 5.10 Å². The summed E-state index contributed by atoms with van der Waals surface area (Å²) in [6.07, 6.45) is 4.50. The summed E-state index contributed by atoms with van der Waals surface area (Å²) in [6.45, 7) is 1.99. The number of hydrogen-bond acceptors (Lipinski definition) is 4. The minimum atomic E-state index is -0.418. The summed E-state index contributed by atoms with van der Waals surface area (Å²) in [5.41, 5.74) is 1.05. The molecule has 0 unspecified atom stereocenters. The van der Waals surface area contributed by atoms with Crippen LogP contribution in [0.25, 0.3) is 0 Å². The Morgan fingerprint density at radius 1 is 1.19 bits per heavy atom. The number of H-pyrrole nitrogens is 1. The van der Waals surface area contributed by atoms with Crippen molar-refractivity contribution in [1.82, 2.24) is 20.4 Å². The highest BCUT2D eigenvalue weighted by Gasteiger charge is 2.51. The molecule has 1 saturated heterocycles. The number of carbonyl (C=O) groups is 2. The maximum Gasteiger partial charge on any atom is 0.264 e. The number of aryl methyl sites for hydroxylation is 1. The molecule has 164 valence electrons. The Hall–Kier alpha value is -2.67. The Balaban J connectivity index is 1.26. The number of aromatic nitrogens is 2. The lowest BCUT2D eigenvalue weighted by Gasteiger charge is -2.33. The molecular formula is C23H27ClN4O3. The Morgan fingerprint density at radius 3 is 2.65 bits per heavy atom. The monoisotopic (exact) mass is 442 g/mol. The zero-order valence-electron chi connectivity index (χ0n) is 17.4. The van der Waals surface area contributed by atoms with Gasteiger partial charge in [-0.05, 0) is 55.4 Å². The van der Waals surface area contributed by atoms with Gasteiger partial charge in [0.1, 0.15) is 0 Å². The highest BCUT2D eigenvalue weighted by molar-refractivity contribution is 6.30. The van der Waals surface area contributed by atoms with E-state index in [-0.39, 0.29) is 23.3 Å². The van der Waals surface area contributed by atoms with Crippen molar-refractivity contribution >= 4 is 23.4 Å². The fourth-order valence-corrected chi connectivity index (χ4v) is 4.44. The summed E-state index contributed by atoms with van der Waals surface area (Å²) in [5, 5.41) is 10.2. The van der Waals surface area contributed by atoms with Crippen molar-refractivity contribution in [3.05, 3.63) is 63.0 Å². The van der Waals surface area contributed by atoms with Crippen molar-refractivity contribution < 1.29 is 9.59 Å². The van der Waals surface area contributed by atoms with Crippen LogP contribution >= 0.6 is 11.6 Å². The first kappa shape index (κ1) is 21.6. The molecule has 1 aromatic carbocycles. The van der Waals surface area contributed by atoms with Gasteiger partial charge in [-0.3, -0.25) is 14.4 Å². The Morgan fingerprint density at radius 2 is 1.97 bits per heavy atom. The van der Waals surface area contributed by atoms with Crippen molar-refractivity contribution in [1.29, 1.82) is 0 Å². The van der Waals surface area contributed by atoms with Gasteiger partial charge in [-0.15, -0.1) is 0 Å². The van der Waals surface area contributed by atoms with Gasteiger partial charge in [0.25, 0.3) is 5.56 Å². The molecule has 2 N–H and O–H groups in total. The summed E-state index contributed by atoms with van der Waals surface area (Å²) >= 11 is 5.98. The maximum atomic E-state index is 12.9. The number of carbonyl (C=O) groups excluding carboxylic acids is 2. The normalized spacial score (nSPS) is 19.6. The molecule has 2 aliphatic rings. The minimum absolute atomic E-state index is 0.0717. The number of amides is 2. The van der Waals surface area contributed by atoms with Gasteiger partial charge in [-0.1, -0.05) is 23.7 Å². The molecule has 7 nitrogen and oxygen atoms in total. The van der Waals surface area contributed by atoms with Crippen molar-refractivity contribution in [2.75, 3.05) is 19.6 Å². The summed E-state index contributed by atoms with van der Waals surface area (Å²) in [4.78, 5) is 38.5. The van der Waals surface area contributed by atoms with E-state index in [0.717, 1.165) is 37.8 Å². The van der Waals surface area contributed by atoms with Crippen molar-refractivity contribution in [2.45, 2.75) is 43.9 Å². The van der Waals surface area contributed by atoms with E-state index in [1.165, 1.54) is 6.07 Å². The lowest BCUT2D eigenvalue weighted by molar-refractivity contribution is -0.133. The molecule has 0 bridgehead atoms. The molecule has 0 spiro atoms. The van der Waals surface area contributed by atoms with E-state index >= 15 is 0 Å². The number of benzene rings is 1. The Kier molecular flexibility index (Phi) is 6.41. The second kappa shape index (κ2) is 9.22. The van der Waals surface area contributed by atoms with Crippen LogP contribution in [0.2, 0.25) is 5.02 Å². The molecule has 1 saturated carbocycles. The predicted molar refractivity (Wildman–Crippen MR) is 118 cm³/mol. The summed E-state index contributed by atoms with van der Waals surface area (Å²) in [5.74, 6) is 0.417. The number of piperidine rings is 1. The van der Waals surface area contributed by atoms with E-state index in [1.54, 1.807) is 6.07 Å². The first-order chi connectivity index (χ1) is 15.0. The first-order valence-electron chi connectivity index (χ1n) is 10.8. The van der Waals surface area contributed by atoms with Crippen LogP contribution < -0.4 is 10.9 Å². The zero-order chi connectivity index (χ0) is 21.8. The van der Waals surface area contributed by atoms with Crippen LogP contribution in [0.15, 0.2) is 41.2 Å². The topological polar surface area (TPSA) is 95.2 Å². The van der Waals surface area contributed by atoms with E-state index in [0.29, 0.717) is 36.6 Å². The summed E-state index contributed by atoms with van der Waals surface area (Å²) in [6, 6.07) is 10.6. The molecule has 1 atom stereocenters. The van der Waals surface area contributed by atoms with Crippen LogP contribution in [0.5, 0.6) is 0 Å². The smallest absolute Gasteiger partial charge is 0.264 e. The van der Waals surface area contributed by atoms with Crippen LogP contribution in [0.3, 0.4) is 0 Å². The molecule has 1 aliphatic heterocycles. The SMILES string of the molecule is O=C(CCc1ccc(=O)[nH]n1)N1CCC[C@@H](CNC(=O)C2(c3ccc(Cl)cc3)CC2)C1. The van der Waals surface area contributed by atoms with Gasteiger partial charge in [0, 0.05) is 43.6 Å². The van der Waals surface area contributed by atoms with Crippen molar-refractivity contribution in [2.24, 2.45) is 5.92 Å². The molecular weight excluding hydrogens is 416 g/mol. The predicted octanol–water partition coefficient (Wildman–Crippen LogP) is 2.44. The molecule has 1 aromatic heterocycles. The van der Waals surface area contributed by atoms with Gasteiger partial charge in [-0.2, -0.15) is 5.10 Å². The summed E-state index contributed by atoms with van der Waals surface area (Å²) in [7, 11) is 0. The maximum absolute atomic E-state index is 12.9. The van der Waals surface area contributed by atoms with Crippen LogP contribution in [0.4, 0.5) is 0 Å². The van der Waals surface area contributed by atoms with Crippen molar-refractivity contribution in [3.63, 3.8) is 0 Å². The number of hydrogen-bond donors (Lipinski definition) is 2. The fourth-order valence-electron chi connectivity index (χ4n) is 4.31. The number of likely N-dealkylation sites (tertiary alicyclic amines) is 1. The summed E-state index contributed by atoms with van der Waals surface area (Å²) < 4.78 is 0. The molecule has 2 heterocycles. The Labute approximate surface area is 186 Å².